The molecule has 0 radical (unpaired) electrons. The number of hydrogen-bond donors (Lipinski definition) is 1. The zero-order valence-electron chi connectivity index (χ0n) is 6.20. The second-order valence-corrected chi connectivity index (χ2v) is 2.29. The van der Waals surface area contributed by atoms with E-state index in [-0.39, 0.29) is 0 Å². The molecule has 6 heteroatoms. The van der Waals surface area contributed by atoms with E-state index in [1.165, 1.54) is 0 Å². The molecule has 1 rings (SSSR count). The fraction of sp³-hybridized carbons (Fsp3) is 0.500. The Morgan fingerprint density at radius 1 is 1.67 bits per heavy atom. The number of ether oxygens (including phenoxy) is 2. The summed E-state index contributed by atoms with van der Waals surface area (Å²) < 4.78 is 8.09. The van der Waals surface area contributed by atoms with E-state index in [1.807, 2.05) is 0 Å². The van der Waals surface area contributed by atoms with Gasteiger partial charge >= 0.3 is 17.9 Å². The summed E-state index contributed by atoms with van der Waals surface area (Å²) in [5.74, 6) is -3.40. The van der Waals surface area contributed by atoms with Crippen LogP contribution < -0.4 is 0 Å². The fourth-order valence-electron chi connectivity index (χ4n) is 0.829. The van der Waals surface area contributed by atoms with Gasteiger partial charge in [0.25, 0.3) is 5.60 Å². The summed E-state index contributed by atoms with van der Waals surface area (Å²) in [5, 5.41) is 9.23. The highest BCUT2D eigenvalue weighted by Crippen LogP contribution is 2.22. The molecule has 1 aliphatic heterocycles. The van der Waals surface area contributed by atoms with E-state index >= 15 is 0 Å². The maximum Gasteiger partial charge on any atom is 0.358 e. The zero-order valence-corrected chi connectivity index (χ0v) is 6.20. The van der Waals surface area contributed by atoms with Gasteiger partial charge in [0.2, 0.25) is 0 Å². The number of cyclic esters (lactones) is 2. The van der Waals surface area contributed by atoms with Gasteiger partial charge in [-0.05, 0) is 0 Å². The summed E-state index contributed by atoms with van der Waals surface area (Å²) in [7, 11) is 0.996. The van der Waals surface area contributed by atoms with Crippen LogP contribution in [0.3, 0.4) is 0 Å². The van der Waals surface area contributed by atoms with E-state index < -0.39 is 29.9 Å². The Morgan fingerprint density at radius 3 is 2.58 bits per heavy atom. The molecule has 1 N–H and O–H groups in total. The molecule has 0 saturated carbocycles. The number of methoxy groups -OCH3 is 1. The van der Waals surface area contributed by atoms with Gasteiger partial charge in [0.1, 0.15) is 0 Å². The topological polar surface area (TPSA) is 89.9 Å². The van der Waals surface area contributed by atoms with Crippen molar-refractivity contribution in [2.24, 2.45) is 0 Å². The summed E-state index contributed by atoms with van der Waals surface area (Å²) in [5.41, 5.74) is -2.44. The molecule has 0 aliphatic carbocycles. The van der Waals surface area contributed by atoms with Crippen molar-refractivity contribution in [3.63, 3.8) is 0 Å². The Morgan fingerprint density at radius 2 is 2.25 bits per heavy atom. The molecule has 12 heavy (non-hydrogen) atoms. The lowest BCUT2D eigenvalue weighted by atomic mass is 10.0. The third-order valence-electron chi connectivity index (χ3n) is 1.47. The van der Waals surface area contributed by atoms with E-state index in [9.17, 15) is 19.5 Å². The minimum Gasteiger partial charge on any atom is -0.466 e. The summed E-state index contributed by atoms with van der Waals surface area (Å²) in [6.07, 6.45) is -0.682. The number of esters is 3. The summed E-state index contributed by atoms with van der Waals surface area (Å²) in [6, 6.07) is 0. The smallest absolute Gasteiger partial charge is 0.358 e. The molecule has 0 aromatic carbocycles. The van der Waals surface area contributed by atoms with Gasteiger partial charge in [0.15, 0.2) is 0 Å². The lowest BCUT2D eigenvalue weighted by Crippen LogP contribution is -2.43. The maximum atomic E-state index is 10.8. The molecule has 0 bridgehead atoms. The Hall–Kier alpha value is -1.43. The maximum absolute atomic E-state index is 10.8. The van der Waals surface area contributed by atoms with Crippen LogP contribution >= 0.6 is 0 Å². The van der Waals surface area contributed by atoms with Crippen LogP contribution in [-0.4, -0.2) is 35.7 Å². The van der Waals surface area contributed by atoms with E-state index in [0.29, 0.717) is 0 Å². The Labute approximate surface area is 67.1 Å². The quantitative estimate of drug-likeness (QED) is 0.379. The first-order valence-electron chi connectivity index (χ1n) is 3.06. The molecule has 6 nitrogen and oxygen atoms in total. The van der Waals surface area contributed by atoms with Crippen molar-refractivity contribution in [2.75, 3.05) is 7.11 Å². The number of carbonyl (C=O) groups excluding carboxylic acids is 3. The molecule has 0 amide bonds. The molecule has 1 fully saturated rings. The predicted molar refractivity (Wildman–Crippen MR) is 32.7 cm³/mol. The second kappa shape index (κ2) is 2.56. The van der Waals surface area contributed by atoms with Gasteiger partial charge in [-0.25, -0.2) is 9.59 Å². The number of aliphatic hydroxyl groups is 1. The zero-order chi connectivity index (χ0) is 9.35. The van der Waals surface area contributed by atoms with Crippen LogP contribution in [-0.2, 0) is 23.9 Å². The highest BCUT2D eigenvalue weighted by atomic mass is 16.6. The van der Waals surface area contributed by atoms with Crippen LogP contribution in [0.2, 0.25) is 0 Å². The van der Waals surface area contributed by atoms with Crippen LogP contribution in [0, 0.1) is 0 Å². The minimum atomic E-state index is -2.44. The van der Waals surface area contributed by atoms with Crippen molar-refractivity contribution in [1.82, 2.24) is 0 Å². The average molecular weight is 174 g/mol. The minimum absolute atomic E-state index is 0.682. The predicted octanol–water partition coefficient (Wildman–Crippen LogP) is -1.64. The average Bonchev–Trinajstić information content (AvgIpc) is 2.26. The fourth-order valence-corrected chi connectivity index (χ4v) is 0.829. The molecule has 0 spiro atoms. The van der Waals surface area contributed by atoms with Gasteiger partial charge in [0.05, 0.1) is 13.5 Å². The standard InChI is InChI=1S/C6H6O6/c1-11-4(8)6(10)2-3(7)12-5(6)9/h10H,2H2,1H3. The van der Waals surface area contributed by atoms with Crippen LogP contribution in [0.4, 0.5) is 0 Å². The SMILES string of the molecule is COC(=O)C1(O)CC(=O)OC1=O. The molecule has 1 aliphatic rings. The van der Waals surface area contributed by atoms with Crippen LogP contribution in [0.15, 0.2) is 0 Å². The van der Waals surface area contributed by atoms with Crippen molar-refractivity contribution in [3.05, 3.63) is 0 Å². The van der Waals surface area contributed by atoms with Crippen molar-refractivity contribution in [1.29, 1.82) is 0 Å². The normalized spacial score (nSPS) is 28.5. The molecule has 66 valence electrons. The van der Waals surface area contributed by atoms with Crippen molar-refractivity contribution >= 4 is 17.9 Å². The molecular weight excluding hydrogens is 168 g/mol. The van der Waals surface area contributed by atoms with Gasteiger partial charge in [0, 0.05) is 0 Å². The number of rotatable bonds is 1. The largest absolute Gasteiger partial charge is 0.466 e. The van der Waals surface area contributed by atoms with Crippen LogP contribution in [0.1, 0.15) is 6.42 Å². The van der Waals surface area contributed by atoms with Gasteiger partial charge in [-0.3, -0.25) is 4.79 Å². The first-order valence-corrected chi connectivity index (χ1v) is 3.06. The van der Waals surface area contributed by atoms with Gasteiger partial charge in [-0.15, -0.1) is 0 Å². The second-order valence-electron chi connectivity index (χ2n) is 2.29. The lowest BCUT2D eigenvalue weighted by Gasteiger charge is -2.11. The molecule has 1 heterocycles. The molecule has 1 atom stereocenters. The molecular formula is C6H6O6. The summed E-state index contributed by atoms with van der Waals surface area (Å²) in [4.78, 5) is 32.0. The monoisotopic (exact) mass is 174 g/mol. The first-order chi connectivity index (χ1) is 5.50. The van der Waals surface area contributed by atoms with Crippen LogP contribution in [0.5, 0.6) is 0 Å². The molecule has 0 aromatic rings. The highest BCUT2D eigenvalue weighted by molar-refractivity contribution is 6.13. The van der Waals surface area contributed by atoms with Gasteiger partial charge in [-0.1, -0.05) is 0 Å². The first kappa shape index (κ1) is 8.66. The van der Waals surface area contributed by atoms with Crippen LogP contribution in [0.25, 0.3) is 0 Å². The molecule has 1 unspecified atom stereocenters. The Kier molecular flexibility index (Phi) is 1.85. The van der Waals surface area contributed by atoms with E-state index in [2.05, 4.69) is 9.47 Å². The summed E-state index contributed by atoms with van der Waals surface area (Å²) >= 11 is 0. The third kappa shape index (κ3) is 1.06. The van der Waals surface area contributed by atoms with E-state index in [4.69, 9.17) is 0 Å². The lowest BCUT2D eigenvalue weighted by molar-refractivity contribution is -0.172. The van der Waals surface area contributed by atoms with Gasteiger partial charge < -0.3 is 14.6 Å². The number of hydrogen-bond acceptors (Lipinski definition) is 6. The van der Waals surface area contributed by atoms with E-state index in [0.717, 1.165) is 7.11 Å². The van der Waals surface area contributed by atoms with E-state index in [1.54, 1.807) is 0 Å². The van der Waals surface area contributed by atoms with Crippen molar-refractivity contribution in [3.8, 4) is 0 Å². The highest BCUT2D eigenvalue weighted by Gasteiger charge is 2.55. The van der Waals surface area contributed by atoms with Gasteiger partial charge in [-0.2, -0.15) is 0 Å². The van der Waals surface area contributed by atoms with Crippen molar-refractivity contribution in [2.45, 2.75) is 12.0 Å². The van der Waals surface area contributed by atoms with Crippen molar-refractivity contribution < 1.29 is 29.0 Å². The molecule has 0 aromatic heterocycles. The molecule has 1 saturated heterocycles. The number of carbonyl (C=O) groups is 3. The Balaban J connectivity index is 2.92. The summed E-state index contributed by atoms with van der Waals surface area (Å²) in [6.45, 7) is 0. The Bertz CT molecular complexity index is 257. The third-order valence-corrected chi connectivity index (χ3v) is 1.47.